The summed E-state index contributed by atoms with van der Waals surface area (Å²) in [4.78, 5) is 13.5. The number of hydrogen-bond donors (Lipinski definition) is 2. The Morgan fingerprint density at radius 1 is 1.21 bits per heavy atom. The summed E-state index contributed by atoms with van der Waals surface area (Å²) in [5, 5.41) is 2.93. The lowest BCUT2D eigenvalue weighted by atomic mass is 10.0. The molecule has 0 saturated carbocycles. The van der Waals surface area contributed by atoms with E-state index in [4.69, 9.17) is 5.73 Å². The zero-order valence-corrected chi connectivity index (χ0v) is 11.1. The van der Waals surface area contributed by atoms with E-state index in [1.807, 2.05) is 30.3 Å². The fourth-order valence-electron chi connectivity index (χ4n) is 2.23. The lowest BCUT2D eigenvalue weighted by Crippen LogP contribution is -2.21. The molecule has 1 atom stereocenters. The zero-order valence-electron chi connectivity index (χ0n) is 10.3. The summed E-state index contributed by atoms with van der Waals surface area (Å²) in [6.45, 7) is 0. The zero-order chi connectivity index (χ0) is 13.2. The van der Waals surface area contributed by atoms with E-state index >= 15 is 0 Å². The van der Waals surface area contributed by atoms with Gasteiger partial charge in [0.1, 0.15) is 0 Å². The van der Waals surface area contributed by atoms with Crippen molar-refractivity contribution in [3.05, 3.63) is 54.1 Å². The monoisotopic (exact) mass is 270 g/mol. The van der Waals surface area contributed by atoms with Crippen LogP contribution in [0.2, 0.25) is 0 Å². The highest BCUT2D eigenvalue weighted by Gasteiger charge is 2.28. The Bertz CT molecular complexity index is 627. The number of thioether (sulfide) groups is 1. The lowest BCUT2D eigenvalue weighted by molar-refractivity contribution is -0.117. The minimum absolute atomic E-state index is 0.0306. The van der Waals surface area contributed by atoms with E-state index < -0.39 is 0 Å². The first-order valence-electron chi connectivity index (χ1n) is 6.12. The second-order valence-electron chi connectivity index (χ2n) is 4.52. The Hall–Kier alpha value is -1.94. The molecule has 0 spiro atoms. The number of nitrogens with one attached hydrogen (secondary N) is 1. The molecule has 2 aromatic rings. The summed E-state index contributed by atoms with van der Waals surface area (Å²) in [5.74, 6) is 0.749. The van der Waals surface area contributed by atoms with Gasteiger partial charge in [0.2, 0.25) is 5.91 Å². The van der Waals surface area contributed by atoms with E-state index in [1.165, 1.54) is 4.90 Å². The summed E-state index contributed by atoms with van der Waals surface area (Å²) in [5.41, 5.74) is 8.23. The smallest absolute Gasteiger partial charge is 0.232 e. The van der Waals surface area contributed by atoms with Crippen molar-refractivity contribution in [3.63, 3.8) is 0 Å². The number of carbonyl (C=O) groups is 1. The number of fused-ring (bicyclic) bond motifs is 1. The third kappa shape index (κ3) is 2.44. The van der Waals surface area contributed by atoms with Gasteiger partial charge in [-0.15, -0.1) is 11.8 Å². The number of carbonyl (C=O) groups excluding carboxylic acids is 1. The molecular weight excluding hydrogens is 256 g/mol. The van der Waals surface area contributed by atoms with Gasteiger partial charge in [-0.1, -0.05) is 24.3 Å². The normalized spacial score (nSPS) is 16.9. The molecule has 1 heterocycles. The second kappa shape index (κ2) is 4.97. The Labute approximate surface area is 116 Å². The molecular formula is C15H14N2OS. The molecule has 0 aliphatic carbocycles. The van der Waals surface area contributed by atoms with Gasteiger partial charge >= 0.3 is 0 Å². The summed E-state index contributed by atoms with van der Waals surface area (Å²) >= 11 is 1.73. The van der Waals surface area contributed by atoms with Crippen LogP contribution in [0.1, 0.15) is 11.5 Å². The highest BCUT2D eigenvalue weighted by Crippen LogP contribution is 2.39. The fourth-order valence-corrected chi connectivity index (χ4v) is 3.45. The molecule has 0 saturated heterocycles. The predicted octanol–water partition coefficient (Wildman–Crippen LogP) is 3.10. The minimum atomic E-state index is -0.0809. The molecule has 1 amide bonds. The molecule has 3 nitrogen and oxygen atoms in total. The highest BCUT2D eigenvalue weighted by atomic mass is 32.2. The van der Waals surface area contributed by atoms with E-state index in [9.17, 15) is 4.79 Å². The summed E-state index contributed by atoms with van der Waals surface area (Å²) in [6.07, 6.45) is 0. The molecule has 1 aliphatic rings. The van der Waals surface area contributed by atoms with Crippen LogP contribution in [-0.4, -0.2) is 11.7 Å². The number of amides is 1. The Morgan fingerprint density at radius 2 is 2.05 bits per heavy atom. The van der Waals surface area contributed by atoms with Crippen LogP contribution in [-0.2, 0) is 4.79 Å². The predicted molar refractivity (Wildman–Crippen MR) is 79.4 cm³/mol. The van der Waals surface area contributed by atoms with Crippen LogP contribution in [0.15, 0.2) is 53.4 Å². The average molecular weight is 270 g/mol. The van der Waals surface area contributed by atoms with Gasteiger partial charge < -0.3 is 11.1 Å². The van der Waals surface area contributed by atoms with Crippen molar-refractivity contribution in [1.29, 1.82) is 0 Å². The minimum Gasteiger partial charge on any atom is -0.399 e. The topological polar surface area (TPSA) is 55.1 Å². The van der Waals surface area contributed by atoms with Crippen molar-refractivity contribution in [2.45, 2.75) is 10.8 Å². The van der Waals surface area contributed by atoms with Crippen molar-refractivity contribution < 1.29 is 4.79 Å². The first-order valence-corrected chi connectivity index (χ1v) is 7.11. The van der Waals surface area contributed by atoms with Gasteiger partial charge in [-0.3, -0.25) is 4.79 Å². The summed E-state index contributed by atoms with van der Waals surface area (Å²) in [6, 6.07) is 15.3. The van der Waals surface area contributed by atoms with Crippen molar-refractivity contribution in [1.82, 2.24) is 0 Å². The fraction of sp³-hybridized carbons (Fsp3) is 0.133. The van der Waals surface area contributed by atoms with Gasteiger partial charge in [0, 0.05) is 22.0 Å². The van der Waals surface area contributed by atoms with E-state index in [2.05, 4.69) is 11.4 Å². The third-order valence-electron chi connectivity index (χ3n) is 3.17. The molecule has 2 aromatic carbocycles. The summed E-state index contributed by atoms with van der Waals surface area (Å²) < 4.78 is 0. The quantitative estimate of drug-likeness (QED) is 0.824. The molecule has 96 valence electrons. The van der Waals surface area contributed by atoms with Gasteiger partial charge in [0.15, 0.2) is 0 Å². The number of nitrogen functional groups attached to an aromatic ring is 1. The van der Waals surface area contributed by atoms with Crippen LogP contribution >= 0.6 is 11.8 Å². The molecule has 4 heteroatoms. The molecule has 19 heavy (non-hydrogen) atoms. The van der Waals surface area contributed by atoms with Gasteiger partial charge in [0.25, 0.3) is 0 Å². The maximum Gasteiger partial charge on any atom is 0.232 e. The van der Waals surface area contributed by atoms with Crippen molar-refractivity contribution in [2.75, 3.05) is 16.8 Å². The third-order valence-corrected chi connectivity index (χ3v) is 4.35. The van der Waals surface area contributed by atoms with Crippen LogP contribution in [0.4, 0.5) is 11.4 Å². The van der Waals surface area contributed by atoms with Gasteiger partial charge in [0.05, 0.1) is 5.92 Å². The Balaban J connectivity index is 1.79. The molecule has 1 unspecified atom stereocenters. The van der Waals surface area contributed by atoms with Gasteiger partial charge in [-0.25, -0.2) is 0 Å². The number of anilines is 2. The van der Waals surface area contributed by atoms with Gasteiger partial charge in [-0.2, -0.15) is 0 Å². The second-order valence-corrected chi connectivity index (χ2v) is 5.58. The molecule has 1 aliphatic heterocycles. The van der Waals surface area contributed by atoms with E-state index in [0.29, 0.717) is 5.69 Å². The molecule has 0 bridgehead atoms. The first kappa shape index (κ1) is 12.1. The molecule has 0 radical (unpaired) electrons. The van der Waals surface area contributed by atoms with E-state index in [1.54, 1.807) is 23.9 Å². The van der Waals surface area contributed by atoms with Crippen LogP contribution in [0.3, 0.4) is 0 Å². The molecule has 0 aromatic heterocycles. The van der Waals surface area contributed by atoms with Crippen molar-refractivity contribution in [3.8, 4) is 0 Å². The van der Waals surface area contributed by atoms with Crippen LogP contribution < -0.4 is 11.1 Å². The van der Waals surface area contributed by atoms with E-state index in [-0.39, 0.29) is 11.8 Å². The SMILES string of the molecule is Nc1cccc(NC(=O)C2CSc3ccccc32)c1. The number of nitrogens with two attached hydrogens (primary N) is 1. The molecule has 3 N–H and O–H groups in total. The van der Waals surface area contributed by atoms with Crippen LogP contribution in [0, 0.1) is 0 Å². The Kier molecular flexibility index (Phi) is 3.17. The molecule has 0 fully saturated rings. The van der Waals surface area contributed by atoms with Gasteiger partial charge in [-0.05, 0) is 29.8 Å². The first-order chi connectivity index (χ1) is 9.24. The average Bonchev–Trinajstić information content (AvgIpc) is 2.82. The lowest BCUT2D eigenvalue weighted by Gasteiger charge is -2.11. The van der Waals surface area contributed by atoms with E-state index in [0.717, 1.165) is 17.0 Å². The number of benzene rings is 2. The standard InChI is InChI=1S/C15H14N2OS/c16-10-4-3-5-11(8-10)17-15(18)13-9-19-14-7-2-1-6-12(13)14/h1-8,13H,9,16H2,(H,17,18). The highest BCUT2D eigenvalue weighted by molar-refractivity contribution is 7.99. The summed E-state index contributed by atoms with van der Waals surface area (Å²) in [7, 11) is 0. The van der Waals surface area contributed by atoms with Crippen molar-refractivity contribution in [2.24, 2.45) is 0 Å². The Morgan fingerprint density at radius 3 is 2.89 bits per heavy atom. The van der Waals surface area contributed by atoms with Crippen molar-refractivity contribution >= 4 is 29.0 Å². The maximum atomic E-state index is 12.3. The van der Waals surface area contributed by atoms with Crippen LogP contribution in [0.25, 0.3) is 0 Å². The largest absolute Gasteiger partial charge is 0.399 e. The van der Waals surface area contributed by atoms with Crippen LogP contribution in [0.5, 0.6) is 0 Å². The maximum absolute atomic E-state index is 12.3. The number of hydrogen-bond acceptors (Lipinski definition) is 3. The molecule has 3 rings (SSSR count). The number of rotatable bonds is 2.